The number of methoxy groups -OCH3 is 1. The quantitative estimate of drug-likeness (QED) is 0.235. The number of benzene rings is 2. The Bertz CT molecular complexity index is 1360. The number of amides is 2. The fourth-order valence-electron chi connectivity index (χ4n) is 3.20. The maximum absolute atomic E-state index is 12.1. The van der Waals surface area contributed by atoms with E-state index in [9.17, 15) is 19.7 Å². The molecule has 0 saturated heterocycles. The van der Waals surface area contributed by atoms with Crippen LogP contribution in [-0.2, 0) is 16.0 Å². The first-order chi connectivity index (χ1) is 16.4. The molecule has 0 bridgehead atoms. The molecule has 12 heteroatoms. The average Bonchev–Trinajstić information content (AvgIpc) is 3.38. The molecule has 174 valence electrons. The van der Waals surface area contributed by atoms with Crippen molar-refractivity contribution in [3.8, 4) is 17.1 Å². The zero-order chi connectivity index (χ0) is 24.2. The molecule has 0 aliphatic rings. The van der Waals surface area contributed by atoms with Crippen LogP contribution in [0.5, 0.6) is 5.75 Å². The highest BCUT2D eigenvalue weighted by atomic mass is 32.1. The van der Waals surface area contributed by atoms with Crippen LogP contribution in [0.1, 0.15) is 10.6 Å². The van der Waals surface area contributed by atoms with Crippen molar-refractivity contribution in [3.05, 3.63) is 69.2 Å². The van der Waals surface area contributed by atoms with Gasteiger partial charge in [-0.1, -0.05) is 11.3 Å². The van der Waals surface area contributed by atoms with Gasteiger partial charge in [-0.2, -0.15) is 4.98 Å². The highest BCUT2D eigenvalue weighted by Gasteiger charge is 2.17. The smallest absolute Gasteiger partial charge is 0.313 e. The number of anilines is 1. The molecule has 2 heterocycles. The number of nitrogens with zero attached hydrogens (tertiary/aromatic N) is 4. The third-order valence-corrected chi connectivity index (χ3v) is 6.23. The van der Waals surface area contributed by atoms with Gasteiger partial charge in [0, 0.05) is 41.2 Å². The third-order valence-electron chi connectivity index (χ3n) is 5.04. The summed E-state index contributed by atoms with van der Waals surface area (Å²) in [7, 11) is 1.61. The number of nitro groups is 1. The largest absolute Gasteiger partial charge is 0.497 e. The van der Waals surface area contributed by atoms with E-state index in [1.54, 1.807) is 11.6 Å². The van der Waals surface area contributed by atoms with Crippen LogP contribution in [0.2, 0.25) is 0 Å². The van der Waals surface area contributed by atoms with Crippen LogP contribution in [0.3, 0.4) is 0 Å². The zero-order valence-corrected chi connectivity index (χ0v) is 19.1. The lowest BCUT2D eigenvalue weighted by atomic mass is 10.2. The topological polar surface area (TPSA) is 141 Å². The van der Waals surface area contributed by atoms with Gasteiger partial charge < -0.3 is 15.4 Å². The van der Waals surface area contributed by atoms with Gasteiger partial charge in [-0.15, -0.1) is 5.10 Å². The second-order valence-corrected chi connectivity index (χ2v) is 8.30. The number of aryl methyl sites for hydroxylation is 1. The molecule has 11 nitrogen and oxygen atoms in total. The molecule has 0 atom stereocenters. The summed E-state index contributed by atoms with van der Waals surface area (Å²) >= 11 is 1.47. The minimum absolute atomic E-state index is 0.106. The van der Waals surface area contributed by atoms with E-state index in [0.717, 1.165) is 26.8 Å². The van der Waals surface area contributed by atoms with E-state index in [-0.39, 0.29) is 12.2 Å². The lowest BCUT2D eigenvalue weighted by Gasteiger charge is -2.06. The Morgan fingerprint density at radius 1 is 1.12 bits per heavy atom. The number of hydrogen-bond acceptors (Lipinski definition) is 8. The summed E-state index contributed by atoms with van der Waals surface area (Å²) in [4.78, 5) is 40.6. The number of carbonyl (C=O) groups excluding carboxylic acids is 2. The molecule has 0 spiro atoms. The van der Waals surface area contributed by atoms with E-state index in [4.69, 9.17) is 4.74 Å². The van der Waals surface area contributed by atoms with E-state index >= 15 is 0 Å². The molecule has 34 heavy (non-hydrogen) atoms. The van der Waals surface area contributed by atoms with Crippen LogP contribution in [-0.4, -0.2) is 45.0 Å². The van der Waals surface area contributed by atoms with Gasteiger partial charge in [-0.05, 0) is 43.3 Å². The van der Waals surface area contributed by atoms with Crippen molar-refractivity contribution in [2.75, 3.05) is 19.0 Å². The van der Waals surface area contributed by atoms with Gasteiger partial charge in [0.2, 0.25) is 4.96 Å². The Hall–Kier alpha value is -4.32. The number of nitrogens with one attached hydrogen (secondary N) is 2. The van der Waals surface area contributed by atoms with E-state index in [2.05, 4.69) is 20.7 Å². The Balaban J connectivity index is 1.33. The van der Waals surface area contributed by atoms with Gasteiger partial charge in [0.25, 0.3) is 5.69 Å². The summed E-state index contributed by atoms with van der Waals surface area (Å²) in [5.74, 6) is -0.277. The standard InChI is InChI=1S/C22H20N6O5S/c1-13-18(34-22-25-19(26-27(13)22)14-3-9-17(33-2)10-4-14)11-12-23-20(29)21(30)24-15-5-7-16(8-6-15)28(31)32/h3-10H,11-12H2,1-2H3,(H,23,29)(H,24,30). The van der Waals surface area contributed by atoms with Crippen molar-refractivity contribution in [1.82, 2.24) is 19.9 Å². The fraction of sp³-hybridized carbons (Fsp3) is 0.182. The van der Waals surface area contributed by atoms with Crippen molar-refractivity contribution in [2.24, 2.45) is 0 Å². The summed E-state index contributed by atoms with van der Waals surface area (Å²) in [6.45, 7) is 2.18. The summed E-state index contributed by atoms with van der Waals surface area (Å²) in [5.41, 5.74) is 1.98. The Kier molecular flexibility index (Phi) is 6.50. The lowest BCUT2D eigenvalue weighted by Crippen LogP contribution is -2.36. The number of fused-ring (bicyclic) bond motifs is 1. The molecule has 2 aromatic heterocycles. The summed E-state index contributed by atoms with van der Waals surface area (Å²) < 4.78 is 6.94. The zero-order valence-electron chi connectivity index (χ0n) is 18.3. The summed E-state index contributed by atoms with van der Waals surface area (Å²) in [6, 6.07) is 12.7. The first-order valence-electron chi connectivity index (χ1n) is 10.2. The molecule has 0 unspecified atom stereocenters. The maximum atomic E-state index is 12.1. The summed E-state index contributed by atoms with van der Waals surface area (Å²) in [5, 5.41) is 20.3. The van der Waals surface area contributed by atoms with Crippen molar-refractivity contribution >= 4 is 39.5 Å². The van der Waals surface area contributed by atoms with E-state index in [0.29, 0.717) is 17.9 Å². The van der Waals surface area contributed by atoms with Gasteiger partial charge in [0.05, 0.1) is 17.7 Å². The molecule has 4 aromatic rings. The molecule has 0 fully saturated rings. The maximum Gasteiger partial charge on any atom is 0.313 e. The van der Waals surface area contributed by atoms with Gasteiger partial charge in [0.1, 0.15) is 5.75 Å². The van der Waals surface area contributed by atoms with Gasteiger partial charge in [-0.3, -0.25) is 19.7 Å². The second-order valence-electron chi connectivity index (χ2n) is 7.23. The predicted molar refractivity (Wildman–Crippen MR) is 126 cm³/mol. The lowest BCUT2D eigenvalue weighted by molar-refractivity contribution is -0.384. The molecular formula is C22H20N6O5S. The van der Waals surface area contributed by atoms with Crippen molar-refractivity contribution in [3.63, 3.8) is 0 Å². The Labute approximate surface area is 197 Å². The van der Waals surface area contributed by atoms with Crippen LogP contribution in [0.4, 0.5) is 11.4 Å². The highest BCUT2D eigenvalue weighted by Crippen LogP contribution is 2.26. The molecule has 0 radical (unpaired) electrons. The van der Waals surface area contributed by atoms with Crippen LogP contribution >= 0.6 is 11.3 Å². The molecule has 4 rings (SSSR count). The predicted octanol–water partition coefficient (Wildman–Crippen LogP) is 2.98. The number of ether oxygens (including phenoxy) is 1. The minimum Gasteiger partial charge on any atom is -0.497 e. The first-order valence-corrected chi connectivity index (χ1v) is 11.0. The van der Waals surface area contributed by atoms with Crippen LogP contribution in [0.15, 0.2) is 48.5 Å². The monoisotopic (exact) mass is 480 g/mol. The van der Waals surface area contributed by atoms with Crippen molar-refractivity contribution in [1.29, 1.82) is 0 Å². The Morgan fingerprint density at radius 2 is 1.82 bits per heavy atom. The fourth-order valence-corrected chi connectivity index (χ4v) is 4.26. The average molecular weight is 481 g/mol. The van der Waals surface area contributed by atoms with E-state index in [1.807, 2.05) is 31.2 Å². The normalized spacial score (nSPS) is 10.8. The van der Waals surface area contributed by atoms with Gasteiger partial charge in [-0.25, -0.2) is 4.52 Å². The summed E-state index contributed by atoms with van der Waals surface area (Å²) in [6.07, 6.45) is 0.510. The number of aromatic nitrogens is 3. The first kappa shape index (κ1) is 22.9. The number of non-ortho nitro benzene ring substituents is 1. The van der Waals surface area contributed by atoms with Gasteiger partial charge >= 0.3 is 11.8 Å². The number of nitro benzene ring substituents is 1. The molecule has 2 aromatic carbocycles. The van der Waals surface area contributed by atoms with Crippen molar-refractivity contribution < 1.29 is 19.2 Å². The van der Waals surface area contributed by atoms with Gasteiger partial charge in [0.15, 0.2) is 5.82 Å². The molecular weight excluding hydrogens is 460 g/mol. The number of carbonyl (C=O) groups is 2. The number of hydrogen-bond donors (Lipinski definition) is 2. The minimum atomic E-state index is -0.850. The highest BCUT2D eigenvalue weighted by molar-refractivity contribution is 7.17. The van der Waals surface area contributed by atoms with Crippen molar-refractivity contribution in [2.45, 2.75) is 13.3 Å². The van der Waals surface area contributed by atoms with Crippen LogP contribution < -0.4 is 15.4 Å². The molecule has 2 N–H and O–H groups in total. The second kappa shape index (κ2) is 9.67. The molecule has 2 amide bonds. The van der Waals surface area contributed by atoms with Crippen LogP contribution in [0, 0.1) is 17.0 Å². The van der Waals surface area contributed by atoms with E-state index in [1.165, 1.54) is 35.6 Å². The Morgan fingerprint density at radius 3 is 2.44 bits per heavy atom. The molecule has 0 aliphatic carbocycles. The number of rotatable bonds is 7. The molecule has 0 aliphatic heterocycles. The molecule has 0 saturated carbocycles. The SMILES string of the molecule is COc1ccc(-c2nc3sc(CCNC(=O)C(=O)Nc4ccc([N+](=O)[O-])cc4)c(C)n3n2)cc1. The number of thiazole rings is 1. The van der Waals surface area contributed by atoms with E-state index < -0.39 is 16.7 Å². The van der Waals surface area contributed by atoms with Crippen LogP contribution in [0.25, 0.3) is 16.3 Å². The third kappa shape index (κ3) is 4.86.